The Morgan fingerprint density at radius 3 is 2.46 bits per heavy atom. The lowest BCUT2D eigenvalue weighted by Crippen LogP contribution is -2.20. The Morgan fingerprint density at radius 2 is 1.82 bits per heavy atom. The highest BCUT2D eigenvalue weighted by Crippen LogP contribution is 2.21. The van der Waals surface area contributed by atoms with E-state index in [1.807, 2.05) is 13.8 Å². The number of rotatable bonds is 11. The van der Waals surface area contributed by atoms with Gasteiger partial charge in [0.05, 0.1) is 18.9 Å². The number of hydrogen-bond acceptors (Lipinski definition) is 5. The number of alkyl halides is 1. The maximum Gasteiger partial charge on any atom is 0.255 e. The van der Waals surface area contributed by atoms with Crippen LogP contribution in [-0.4, -0.2) is 41.1 Å². The van der Waals surface area contributed by atoms with Gasteiger partial charge in [-0.2, -0.15) is 0 Å². The van der Waals surface area contributed by atoms with Crippen LogP contribution in [0.15, 0.2) is 28.2 Å². The Bertz CT molecular complexity index is 804. The summed E-state index contributed by atoms with van der Waals surface area (Å²) in [5, 5.41) is 1.43. The molecule has 28 heavy (non-hydrogen) atoms. The molecular formula is C21H29BrN2O3S. The number of nitrogens with zero attached hydrogens (tertiary/aromatic N) is 1. The summed E-state index contributed by atoms with van der Waals surface area (Å²) in [7, 11) is 0. The van der Waals surface area contributed by atoms with Crippen molar-refractivity contribution in [2.24, 2.45) is 0 Å². The topological polar surface area (TPSA) is 64.2 Å². The van der Waals surface area contributed by atoms with Crippen LogP contribution in [0.5, 0.6) is 0 Å². The van der Waals surface area contributed by atoms with Gasteiger partial charge < -0.3 is 14.5 Å². The maximum atomic E-state index is 12.7. The van der Waals surface area contributed by atoms with Crippen molar-refractivity contribution < 1.29 is 9.47 Å². The van der Waals surface area contributed by atoms with E-state index in [4.69, 9.17) is 14.5 Å². The lowest BCUT2D eigenvalue weighted by atomic mass is 9.97. The quantitative estimate of drug-likeness (QED) is 0.172. The van der Waals surface area contributed by atoms with E-state index < -0.39 is 0 Å². The molecule has 0 aliphatic heterocycles. The molecule has 0 aliphatic rings. The van der Waals surface area contributed by atoms with Crippen LogP contribution in [0.2, 0.25) is 0 Å². The second-order valence-electron chi connectivity index (χ2n) is 7.03. The summed E-state index contributed by atoms with van der Waals surface area (Å²) in [5.41, 5.74) is 5.20. The van der Waals surface area contributed by atoms with Crippen molar-refractivity contribution >= 4 is 27.7 Å². The van der Waals surface area contributed by atoms with Crippen molar-refractivity contribution in [3.63, 3.8) is 0 Å². The molecule has 0 bridgehead atoms. The van der Waals surface area contributed by atoms with Crippen LogP contribution >= 0.6 is 27.7 Å². The molecular weight excluding hydrogens is 440 g/mol. The first-order valence-electron chi connectivity index (χ1n) is 9.45. The van der Waals surface area contributed by atoms with E-state index >= 15 is 0 Å². The Kier molecular flexibility index (Phi) is 9.71. The molecule has 0 atom stereocenters. The molecule has 0 unspecified atom stereocenters. The number of benzene rings is 1. The summed E-state index contributed by atoms with van der Waals surface area (Å²) in [6.07, 6.45) is 0.657. The second-order valence-corrected chi connectivity index (χ2v) is 8.91. The number of aryl methyl sites for hydroxylation is 2. The van der Waals surface area contributed by atoms with E-state index in [0.29, 0.717) is 30.5 Å². The van der Waals surface area contributed by atoms with Crippen molar-refractivity contribution in [1.29, 1.82) is 0 Å². The van der Waals surface area contributed by atoms with E-state index in [2.05, 4.69) is 53.0 Å². The zero-order valence-corrected chi connectivity index (χ0v) is 19.4. The van der Waals surface area contributed by atoms with Crippen molar-refractivity contribution in [2.45, 2.75) is 45.2 Å². The minimum absolute atomic E-state index is 0.0477. The predicted molar refractivity (Wildman–Crippen MR) is 119 cm³/mol. The molecule has 0 spiro atoms. The van der Waals surface area contributed by atoms with Crippen molar-refractivity contribution in [3.05, 3.63) is 56.5 Å². The molecule has 0 fully saturated rings. The number of H-pyrrole nitrogens is 1. The normalized spacial score (nSPS) is 11.4. The van der Waals surface area contributed by atoms with Crippen LogP contribution in [0.4, 0.5) is 0 Å². The van der Waals surface area contributed by atoms with Gasteiger partial charge in [-0.15, -0.1) is 0 Å². The Labute approximate surface area is 179 Å². The lowest BCUT2D eigenvalue weighted by Gasteiger charge is -2.13. The fraction of sp³-hybridized carbons (Fsp3) is 0.524. The van der Waals surface area contributed by atoms with Crippen molar-refractivity contribution in [3.8, 4) is 0 Å². The van der Waals surface area contributed by atoms with Gasteiger partial charge in [0, 0.05) is 23.1 Å². The second kappa shape index (κ2) is 11.8. The molecule has 1 heterocycles. The van der Waals surface area contributed by atoms with Crippen molar-refractivity contribution in [1.82, 2.24) is 9.97 Å². The minimum atomic E-state index is -0.0477. The molecule has 0 amide bonds. The highest BCUT2D eigenvalue weighted by atomic mass is 79.9. The lowest BCUT2D eigenvalue weighted by molar-refractivity contribution is -0.0424. The van der Waals surface area contributed by atoms with Crippen LogP contribution in [0.3, 0.4) is 0 Å². The molecule has 0 saturated heterocycles. The molecule has 2 aromatic rings. The first kappa shape index (κ1) is 23.1. The third-order valence-electron chi connectivity index (χ3n) is 4.10. The molecule has 1 aromatic heterocycles. The van der Waals surface area contributed by atoms with E-state index in [1.165, 1.54) is 28.5 Å². The fourth-order valence-corrected chi connectivity index (χ4v) is 4.06. The standard InChI is InChI=1S/C21H29BrN2O3S/c1-14(2)19-18(12-17-10-15(3)9-16(4)11-17)23-21(24-20(19)25)28-8-7-27-13-26-6-5-22/h9-11,14H,5-8,12-13H2,1-4H3,(H,23,24,25). The van der Waals surface area contributed by atoms with Crippen LogP contribution in [0.1, 0.15) is 47.7 Å². The summed E-state index contributed by atoms with van der Waals surface area (Å²) in [6.45, 7) is 9.69. The Balaban J connectivity index is 2.11. The average Bonchev–Trinajstić information content (AvgIpc) is 2.59. The van der Waals surface area contributed by atoms with E-state index in [9.17, 15) is 4.79 Å². The number of hydrogen-bond donors (Lipinski definition) is 1. The largest absolute Gasteiger partial charge is 0.355 e. The Hall–Kier alpha value is -1.15. The molecule has 1 aromatic carbocycles. The summed E-state index contributed by atoms with van der Waals surface area (Å²) in [5.74, 6) is 0.816. The molecule has 1 N–H and O–H groups in total. The molecule has 5 nitrogen and oxygen atoms in total. The highest BCUT2D eigenvalue weighted by Gasteiger charge is 2.16. The Morgan fingerprint density at radius 1 is 1.14 bits per heavy atom. The van der Waals surface area contributed by atoms with Gasteiger partial charge in [0.25, 0.3) is 5.56 Å². The number of thioether (sulfide) groups is 1. The smallest absolute Gasteiger partial charge is 0.255 e. The molecule has 7 heteroatoms. The van der Waals surface area contributed by atoms with Crippen molar-refractivity contribution in [2.75, 3.05) is 31.1 Å². The minimum Gasteiger partial charge on any atom is -0.355 e. The monoisotopic (exact) mass is 468 g/mol. The molecule has 154 valence electrons. The van der Waals surface area contributed by atoms with Gasteiger partial charge in [0.15, 0.2) is 5.16 Å². The van der Waals surface area contributed by atoms with E-state index in [1.54, 1.807) is 0 Å². The van der Waals surface area contributed by atoms with E-state index in [0.717, 1.165) is 16.6 Å². The van der Waals surface area contributed by atoms with Crippen LogP contribution in [0, 0.1) is 13.8 Å². The maximum absolute atomic E-state index is 12.7. The van der Waals surface area contributed by atoms with Crippen LogP contribution < -0.4 is 5.56 Å². The third kappa shape index (κ3) is 7.35. The van der Waals surface area contributed by atoms with E-state index in [-0.39, 0.29) is 18.3 Å². The van der Waals surface area contributed by atoms with Gasteiger partial charge in [0.2, 0.25) is 0 Å². The molecule has 0 radical (unpaired) electrons. The van der Waals surface area contributed by atoms with Gasteiger partial charge in [-0.1, -0.05) is 70.9 Å². The highest BCUT2D eigenvalue weighted by molar-refractivity contribution is 9.09. The average molecular weight is 469 g/mol. The SMILES string of the molecule is Cc1cc(C)cc(Cc2nc(SCCOCOCCBr)[nH]c(=O)c2C(C)C)c1. The van der Waals surface area contributed by atoms with Gasteiger partial charge in [-0.25, -0.2) is 4.98 Å². The fourth-order valence-electron chi connectivity index (χ4n) is 3.10. The number of nitrogens with one attached hydrogen (secondary N) is 1. The van der Waals surface area contributed by atoms with Gasteiger partial charge >= 0.3 is 0 Å². The number of ether oxygens (including phenoxy) is 2. The summed E-state index contributed by atoms with van der Waals surface area (Å²) < 4.78 is 10.7. The number of aromatic nitrogens is 2. The molecule has 2 rings (SSSR count). The summed E-state index contributed by atoms with van der Waals surface area (Å²) in [4.78, 5) is 20.4. The van der Waals surface area contributed by atoms with Gasteiger partial charge in [0.1, 0.15) is 6.79 Å². The number of halogens is 1. The summed E-state index contributed by atoms with van der Waals surface area (Å²) in [6, 6.07) is 6.47. The third-order valence-corrected chi connectivity index (χ3v) is 5.26. The van der Waals surface area contributed by atoms with Crippen LogP contribution in [-0.2, 0) is 15.9 Å². The van der Waals surface area contributed by atoms with Gasteiger partial charge in [-0.05, 0) is 25.3 Å². The zero-order valence-electron chi connectivity index (χ0n) is 17.0. The predicted octanol–water partition coefficient (Wildman–Crippen LogP) is 4.58. The first-order chi connectivity index (χ1) is 13.4. The number of aromatic amines is 1. The zero-order chi connectivity index (χ0) is 20.5. The molecule has 0 saturated carbocycles. The summed E-state index contributed by atoms with van der Waals surface area (Å²) >= 11 is 4.79. The molecule has 0 aliphatic carbocycles. The first-order valence-corrected chi connectivity index (χ1v) is 11.6. The van der Waals surface area contributed by atoms with Gasteiger partial charge in [-0.3, -0.25) is 4.79 Å². The van der Waals surface area contributed by atoms with Crippen LogP contribution in [0.25, 0.3) is 0 Å².